The van der Waals surface area contributed by atoms with Crippen LogP contribution in [0, 0.1) is 0 Å². The van der Waals surface area contributed by atoms with E-state index in [4.69, 9.17) is 19.6 Å². The fourth-order valence-electron chi connectivity index (χ4n) is 5.35. The molecule has 1 aliphatic carbocycles. The van der Waals surface area contributed by atoms with Gasteiger partial charge in [-0.15, -0.1) is 0 Å². The molecule has 0 aromatic heterocycles. The van der Waals surface area contributed by atoms with E-state index in [0.29, 0.717) is 43.9 Å². The Hall–Kier alpha value is -3.20. The van der Waals surface area contributed by atoms with Crippen LogP contribution in [-0.4, -0.2) is 52.9 Å². The number of aliphatic hydroxyl groups excluding tert-OH is 2. The Kier molecular flexibility index (Phi) is 9.19. The van der Waals surface area contributed by atoms with Gasteiger partial charge >= 0.3 is 0 Å². The molecule has 1 saturated carbocycles. The van der Waals surface area contributed by atoms with Gasteiger partial charge in [-0.1, -0.05) is 58.4 Å². The van der Waals surface area contributed by atoms with Crippen LogP contribution in [-0.2, 0) is 16.0 Å². The number of amides is 1. The molecule has 0 unspecified atom stereocenters. The molecule has 0 spiro atoms. The molecule has 40 heavy (non-hydrogen) atoms. The van der Waals surface area contributed by atoms with Crippen LogP contribution in [0.2, 0.25) is 0 Å². The number of hydrogen-bond donors (Lipinski definition) is 3. The lowest BCUT2D eigenvalue weighted by Crippen LogP contribution is -2.53. The van der Waals surface area contributed by atoms with E-state index < -0.39 is 11.6 Å². The monoisotopic (exact) mass is 606 g/mol. The topological polar surface area (TPSA) is 100 Å². The number of ether oxygens (including phenoxy) is 2. The summed E-state index contributed by atoms with van der Waals surface area (Å²) in [5.74, 6) is 0.917. The van der Waals surface area contributed by atoms with Crippen molar-refractivity contribution in [3.8, 4) is 5.75 Å². The smallest absolute Gasteiger partial charge is 0.252 e. The van der Waals surface area contributed by atoms with Crippen molar-refractivity contribution in [2.75, 3.05) is 13.2 Å². The molecule has 3 N–H and O–H groups in total. The van der Waals surface area contributed by atoms with Crippen molar-refractivity contribution in [1.29, 1.82) is 0 Å². The molecule has 210 valence electrons. The van der Waals surface area contributed by atoms with Gasteiger partial charge in [-0.2, -0.15) is 0 Å². The maximum atomic E-state index is 14.3. The first kappa shape index (κ1) is 28.3. The van der Waals surface area contributed by atoms with Gasteiger partial charge in [0.25, 0.3) is 5.91 Å². The summed E-state index contributed by atoms with van der Waals surface area (Å²) in [5.41, 5.74) is 1.36. The van der Waals surface area contributed by atoms with Gasteiger partial charge in [0.05, 0.1) is 12.7 Å². The number of nitrogens with zero attached hydrogens (tertiary/aromatic N) is 1. The molecule has 8 heteroatoms. The quantitative estimate of drug-likeness (QED) is 0.278. The largest absolute Gasteiger partial charge is 0.494 e. The summed E-state index contributed by atoms with van der Waals surface area (Å²) < 4.78 is 13.2. The number of halogens is 1. The summed E-state index contributed by atoms with van der Waals surface area (Å²) >= 11 is 3.51. The Morgan fingerprint density at radius 3 is 2.38 bits per heavy atom. The average Bonchev–Trinajstić information content (AvgIpc) is 3.37. The van der Waals surface area contributed by atoms with Gasteiger partial charge in [-0.05, 0) is 73.2 Å². The highest BCUT2D eigenvalue weighted by molar-refractivity contribution is 9.10. The molecule has 0 saturated heterocycles. The second kappa shape index (κ2) is 13.0. The van der Waals surface area contributed by atoms with E-state index in [0.717, 1.165) is 34.0 Å². The van der Waals surface area contributed by atoms with Crippen molar-refractivity contribution in [2.24, 2.45) is 4.99 Å². The zero-order chi connectivity index (χ0) is 28.0. The molecule has 3 aromatic rings. The highest BCUT2D eigenvalue weighted by atomic mass is 79.9. The van der Waals surface area contributed by atoms with E-state index in [9.17, 15) is 9.90 Å². The van der Waals surface area contributed by atoms with Crippen molar-refractivity contribution in [3.05, 3.63) is 100 Å². The number of nitrogens with one attached hydrogen (secondary N) is 1. The number of carbonyl (C=O) groups excluding carboxylic acids is 1. The molecule has 2 aliphatic rings. The number of carbonyl (C=O) groups is 1. The molecule has 0 radical (unpaired) electrons. The van der Waals surface area contributed by atoms with Gasteiger partial charge < -0.3 is 25.0 Å². The number of aliphatic imine (C=N–C) groups is 1. The van der Waals surface area contributed by atoms with E-state index >= 15 is 0 Å². The highest BCUT2D eigenvalue weighted by Gasteiger charge is 2.53. The summed E-state index contributed by atoms with van der Waals surface area (Å²) in [6, 6.07) is 25.2. The Morgan fingerprint density at radius 1 is 1.00 bits per heavy atom. The third-order valence-corrected chi connectivity index (χ3v) is 8.08. The third-order valence-electron chi connectivity index (χ3n) is 7.55. The Bertz CT molecular complexity index is 1290. The molecule has 1 aliphatic heterocycles. The molecule has 7 nitrogen and oxygen atoms in total. The molecule has 1 heterocycles. The minimum atomic E-state index is -1.24. The van der Waals surface area contributed by atoms with E-state index in [2.05, 4.69) is 21.2 Å². The fraction of sp³-hybridized carbons (Fsp3) is 0.375. The van der Waals surface area contributed by atoms with E-state index in [1.165, 1.54) is 0 Å². The Labute approximate surface area is 243 Å². The molecule has 0 bridgehead atoms. The van der Waals surface area contributed by atoms with Crippen LogP contribution in [0.25, 0.3) is 0 Å². The lowest BCUT2D eigenvalue weighted by atomic mass is 9.81. The van der Waals surface area contributed by atoms with Crippen LogP contribution in [0.5, 0.6) is 5.75 Å². The van der Waals surface area contributed by atoms with E-state index in [1.54, 1.807) is 0 Å². The van der Waals surface area contributed by atoms with Gasteiger partial charge in [-0.25, -0.2) is 4.99 Å². The van der Waals surface area contributed by atoms with Crippen LogP contribution in [0.1, 0.15) is 54.9 Å². The Balaban J connectivity index is 1.52. The first-order valence-corrected chi connectivity index (χ1v) is 14.6. The number of aliphatic hydroxyl groups is 2. The molecule has 2 atom stereocenters. The van der Waals surface area contributed by atoms with Crippen molar-refractivity contribution < 1.29 is 24.5 Å². The third kappa shape index (κ3) is 6.57. The number of hydrogen-bond acceptors (Lipinski definition) is 6. The molecule has 5 rings (SSSR count). The lowest BCUT2D eigenvalue weighted by molar-refractivity contribution is -0.130. The van der Waals surface area contributed by atoms with Gasteiger partial charge in [0.15, 0.2) is 11.6 Å². The van der Waals surface area contributed by atoms with Gasteiger partial charge in [0.2, 0.25) is 5.90 Å². The van der Waals surface area contributed by atoms with Crippen LogP contribution < -0.4 is 10.1 Å². The zero-order valence-corrected chi connectivity index (χ0v) is 23.9. The summed E-state index contributed by atoms with van der Waals surface area (Å²) in [6.07, 6.45) is 2.77. The molecular weight excluding hydrogens is 572 g/mol. The highest BCUT2D eigenvalue weighted by Crippen LogP contribution is 2.43. The summed E-state index contributed by atoms with van der Waals surface area (Å²) in [5, 5.41) is 22.3. The average molecular weight is 608 g/mol. The Morgan fingerprint density at radius 2 is 1.70 bits per heavy atom. The number of benzene rings is 3. The summed E-state index contributed by atoms with van der Waals surface area (Å²) in [6.45, 7) is 0.506. The van der Waals surface area contributed by atoms with E-state index in [-0.39, 0.29) is 24.7 Å². The number of rotatable bonds is 10. The fourth-order valence-corrected chi connectivity index (χ4v) is 5.62. The summed E-state index contributed by atoms with van der Waals surface area (Å²) in [4.78, 5) is 19.4. The maximum Gasteiger partial charge on any atom is 0.252 e. The van der Waals surface area contributed by atoms with Crippen LogP contribution >= 0.6 is 15.9 Å². The molecule has 3 aromatic carbocycles. The van der Waals surface area contributed by atoms with Crippen molar-refractivity contribution in [2.45, 2.75) is 62.3 Å². The minimum absolute atomic E-state index is 0.0243. The van der Waals surface area contributed by atoms with Crippen LogP contribution in [0.15, 0.2) is 88.3 Å². The molecular formula is C32H35BrN2O5. The van der Waals surface area contributed by atoms with Crippen molar-refractivity contribution >= 4 is 27.7 Å². The lowest BCUT2D eigenvalue weighted by Gasteiger charge is -2.34. The molecule has 1 amide bonds. The predicted molar refractivity (Wildman–Crippen MR) is 157 cm³/mol. The summed E-state index contributed by atoms with van der Waals surface area (Å²) in [7, 11) is 0. The second-order valence-electron chi connectivity index (χ2n) is 10.5. The van der Waals surface area contributed by atoms with Gasteiger partial charge in [-0.3, -0.25) is 4.79 Å². The van der Waals surface area contributed by atoms with Crippen LogP contribution in [0.4, 0.5) is 0 Å². The van der Waals surface area contributed by atoms with Crippen LogP contribution in [0.3, 0.4) is 0 Å². The van der Waals surface area contributed by atoms with Gasteiger partial charge in [0, 0.05) is 35.5 Å². The standard InChI is InChI=1S/C32H35BrN2O5/c33-25-11-7-22(8-12-25)21-32(31(38)34-26-13-15-27(37)16-14-26)29(23-5-2-1-3-6-23)40-30(35-32)24-9-17-28(18-10-24)39-20-4-19-36/h1-3,5-12,17-18,26-27,29,36-37H,4,13-16,19-21H2,(H,34,38)/t26?,27?,29-,32-/m1/s1. The van der Waals surface area contributed by atoms with Crippen molar-refractivity contribution in [3.63, 3.8) is 0 Å². The zero-order valence-electron chi connectivity index (χ0n) is 22.3. The van der Waals surface area contributed by atoms with Gasteiger partial charge in [0.1, 0.15) is 5.75 Å². The van der Waals surface area contributed by atoms with Crippen molar-refractivity contribution in [1.82, 2.24) is 5.32 Å². The normalized spacial score (nSPS) is 24.2. The first-order valence-electron chi connectivity index (χ1n) is 13.9. The van der Waals surface area contributed by atoms with E-state index in [1.807, 2.05) is 78.9 Å². The SMILES string of the molecule is O=C(NC1CCC(O)CC1)[C@]1(Cc2ccc(Br)cc2)N=C(c2ccc(OCCCO)cc2)O[C@@H]1c1ccccc1. The second-order valence-corrected chi connectivity index (χ2v) is 11.4. The minimum Gasteiger partial charge on any atom is -0.494 e. The molecule has 1 fully saturated rings. The first-order chi connectivity index (χ1) is 19.5. The predicted octanol–water partition coefficient (Wildman–Crippen LogP) is 5.13. The maximum absolute atomic E-state index is 14.3.